The quantitative estimate of drug-likeness (QED) is 0.629. The van der Waals surface area contributed by atoms with Crippen LogP contribution >= 0.6 is 12.2 Å². The predicted octanol–water partition coefficient (Wildman–Crippen LogP) is 2.34. The number of anilines is 1. The van der Waals surface area contributed by atoms with E-state index in [-0.39, 0.29) is 16.2 Å². The number of ether oxygens (including phenoxy) is 2. The molecule has 0 aliphatic heterocycles. The molecule has 0 unspecified atom stereocenters. The van der Waals surface area contributed by atoms with Gasteiger partial charge in [-0.25, -0.2) is 9.59 Å². The van der Waals surface area contributed by atoms with Crippen molar-refractivity contribution in [3.63, 3.8) is 0 Å². The van der Waals surface area contributed by atoms with Gasteiger partial charge in [0.1, 0.15) is 5.76 Å². The van der Waals surface area contributed by atoms with Crippen LogP contribution in [0.15, 0.2) is 41.0 Å². The number of carbonyl (C=O) groups is 2. The van der Waals surface area contributed by atoms with Crippen molar-refractivity contribution in [2.75, 3.05) is 19.5 Å². The first-order chi connectivity index (χ1) is 11.5. The van der Waals surface area contributed by atoms with E-state index in [1.807, 2.05) is 0 Å². The molecule has 0 amide bonds. The SMILES string of the molecule is COC(=O)c1ccc(C(=O)OC)c(NC(=S)NCc2ccco2)c1. The molecule has 126 valence electrons. The molecule has 0 saturated heterocycles. The van der Waals surface area contributed by atoms with Gasteiger partial charge in [-0.05, 0) is 42.5 Å². The molecular weight excluding hydrogens is 332 g/mol. The lowest BCUT2D eigenvalue weighted by molar-refractivity contribution is 0.0587. The van der Waals surface area contributed by atoms with Crippen LogP contribution in [0.3, 0.4) is 0 Å². The minimum Gasteiger partial charge on any atom is -0.467 e. The van der Waals surface area contributed by atoms with Gasteiger partial charge in [0.15, 0.2) is 5.11 Å². The Kier molecular flexibility index (Phi) is 5.91. The van der Waals surface area contributed by atoms with E-state index >= 15 is 0 Å². The molecule has 7 nitrogen and oxygen atoms in total. The number of nitrogens with one attached hydrogen (secondary N) is 2. The minimum absolute atomic E-state index is 0.243. The van der Waals surface area contributed by atoms with Gasteiger partial charge in [-0.3, -0.25) is 0 Å². The number of thiocarbonyl (C=S) groups is 1. The summed E-state index contributed by atoms with van der Waals surface area (Å²) >= 11 is 5.20. The molecule has 2 rings (SSSR count). The Morgan fingerprint density at radius 3 is 2.54 bits per heavy atom. The molecule has 0 saturated carbocycles. The molecule has 0 spiro atoms. The lowest BCUT2D eigenvalue weighted by Gasteiger charge is -2.13. The Labute approximate surface area is 143 Å². The number of hydrogen-bond acceptors (Lipinski definition) is 6. The maximum atomic E-state index is 11.9. The molecule has 0 radical (unpaired) electrons. The summed E-state index contributed by atoms with van der Waals surface area (Å²) in [6.07, 6.45) is 1.56. The van der Waals surface area contributed by atoms with Crippen molar-refractivity contribution >= 4 is 35.0 Å². The second-order valence-electron chi connectivity index (χ2n) is 4.63. The van der Waals surface area contributed by atoms with E-state index in [2.05, 4.69) is 15.4 Å². The molecule has 1 aromatic heterocycles. The number of esters is 2. The minimum atomic E-state index is -0.553. The van der Waals surface area contributed by atoms with Crippen LogP contribution in [0.5, 0.6) is 0 Å². The van der Waals surface area contributed by atoms with Crippen molar-refractivity contribution in [1.29, 1.82) is 0 Å². The number of carbonyl (C=O) groups excluding carboxylic acids is 2. The zero-order valence-corrected chi connectivity index (χ0v) is 13.9. The van der Waals surface area contributed by atoms with Crippen LogP contribution in [0.1, 0.15) is 26.5 Å². The maximum Gasteiger partial charge on any atom is 0.339 e. The molecule has 0 aliphatic rings. The highest BCUT2D eigenvalue weighted by molar-refractivity contribution is 7.80. The van der Waals surface area contributed by atoms with Crippen LogP contribution in [0.2, 0.25) is 0 Å². The summed E-state index contributed by atoms with van der Waals surface area (Å²) in [5.74, 6) is -0.373. The van der Waals surface area contributed by atoms with Crippen molar-refractivity contribution in [3.05, 3.63) is 53.5 Å². The molecule has 1 heterocycles. The van der Waals surface area contributed by atoms with Crippen LogP contribution in [-0.4, -0.2) is 31.3 Å². The van der Waals surface area contributed by atoms with E-state index in [0.29, 0.717) is 18.0 Å². The normalized spacial score (nSPS) is 9.92. The highest BCUT2D eigenvalue weighted by atomic mass is 32.1. The van der Waals surface area contributed by atoms with Crippen LogP contribution in [0.25, 0.3) is 0 Å². The fraction of sp³-hybridized carbons (Fsp3) is 0.188. The van der Waals surface area contributed by atoms with Gasteiger partial charge in [0.2, 0.25) is 0 Å². The summed E-state index contributed by atoms with van der Waals surface area (Å²) in [7, 11) is 2.55. The zero-order valence-electron chi connectivity index (χ0n) is 13.1. The smallest absolute Gasteiger partial charge is 0.339 e. The lowest BCUT2D eigenvalue weighted by Crippen LogP contribution is -2.28. The summed E-state index contributed by atoms with van der Waals surface area (Å²) < 4.78 is 14.6. The Balaban J connectivity index is 2.16. The Hall–Kier alpha value is -2.87. The first-order valence-electron chi connectivity index (χ1n) is 6.93. The molecule has 2 N–H and O–H groups in total. The van der Waals surface area contributed by atoms with Gasteiger partial charge >= 0.3 is 11.9 Å². The predicted molar refractivity (Wildman–Crippen MR) is 90.9 cm³/mol. The van der Waals surface area contributed by atoms with E-state index in [9.17, 15) is 9.59 Å². The van der Waals surface area contributed by atoms with Crippen LogP contribution in [-0.2, 0) is 16.0 Å². The number of methoxy groups -OCH3 is 2. The maximum absolute atomic E-state index is 11.9. The largest absolute Gasteiger partial charge is 0.467 e. The molecular formula is C16H16N2O5S. The lowest BCUT2D eigenvalue weighted by atomic mass is 10.1. The average Bonchev–Trinajstić information content (AvgIpc) is 3.12. The number of furan rings is 1. The van der Waals surface area contributed by atoms with Gasteiger partial charge in [0, 0.05) is 0 Å². The van der Waals surface area contributed by atoms with Crippen LogP contribution in [0, 0.1) is 0 Å². The standard InChI is InChI=1S/C16H16N2O5S/c1-21-14(19)10-5-6-12(15(20)22-2)13(8-10)18-16(24)17-9-11-4-3-7-23-11/h3-8H,9H2,1-2H3,(H2,17,18,24). The Bertz CT molecular complexity index is 743. The monoisotopic (exact) mass is 348 g/mol. The van der Waals surface area contributed by atoms with Gasteiger partial charge in [-0.2, -0.15) is 0 Å². The van der Waals surface area contributed by atoms with E-state index in [4.69, 9.17) is 21.4 Å². The van der Waals surface area contributed by atoms with Gasteiger partial charge in [0.25, 0.3) is 0 Å². The summed E-state index contributed by atoms with van der Waals surface area (Å²) in [5.41, 5.74) is 0.857. The topological polar surface area (TPSA) is 89.8 Å². The third-order valence-corrected chi connectivity index (χ3v) is 3.34. The molecule has 24 heavy (non-hydrogen) atoms. The van der Waals surface area contributed by atoms with Crippen LogP contribution < -0.4 is 10.6 Å². The summed E-state index contributed by atoms with van der Waals surface area (Å²) in [4.78, 5) is 23.5. The second-order valence-corrected chi connectivity index (χ2v) is 5.04. The molecule has 0 aliphatic carbocycles. The first kappa shape index (κ1) is 17.5. The molecule has 2 aromatic rings. The molecule has 0 bridgehead atoms. The van der Waals surface area contributed by atoms with Crippen molar-refractivity contribution in [3.8, 4) is 0 Å². The number of rotatable bonds is 5. The summed E-state index contributed by atoms with van der Waals surface area (Å²) in [6.45, 7) is 0.378. The fourth-order valence-corrected chi connectivity index (χ4v) is 2.11. The highest BCUT2D eigenvalue weighted by Gasteiger charge is 2.16. The van der Waals surface area contributed by atoms with E-state index in [0.717, 1.165) is 0 Å². The van der Waals surface area contributed by atoms with Gasteiger partial charge in [0.05, 0.1) is 43.8 Å². The van der Waals surface area contributed by atoms with E-state index in [1.54, 1.807) is 18.4 Å². The van der Waals surface area contributed by atoms with Gasteiger partial charge < -0.3 is 24.5 Å². The molecule has 0 atom stereocenters. The third kappa shape index (κ3) is 4.32. The van der Waals surface area contributed by atoms with Gasteiger partial charge in [-0.1, -0.05) is 0 Å². The number of benzene rings is 1. The fourth-order valence-electron chi connectivity index (χ4n) is 1.93. The summed E-state index contributed by atoms with van der Waals surface area (Å²) in [6, 6.07) is 7.98. The Morgan fingerprint density at radius 2 is 1.92 bits per heavy atom. The van der Waals surface area contributed by atoms with Crippen molar-refractivity contribution in [2.24, 2.45) is 0 Å². The van der Waals surface area contributed by atoms with Crippen LogP contribution in [0.4, 0.5) is 5.69 Å². The zero-order chi connectivity index (χ0) is 17.5. The second kappa shape index (κ2) is 8.11. The highest BCUT2D eigenvalue weighted by Crippen LogP contribution is 2.19. The van der Waals surface area contributed by atoms with Crippen molar-refractivity contribution in [2.45, 2.75) is 6.54 Å². The van der Waals surface area contributed by atoms with E-state index in [1.165, 1.54) is 32.4 Å². The third-order valence-electron chi connectivity index (χ3n) is 3.10. The molecule has 8 heteroatoms. The average molecular weight is 348 g/mol. The van der Waals surface area contributed by atoms with Gasteiger partial charge in [-0.15, -0.1) is 0 Å². The first-order valence-corrected chi connectivity index (χ1v) is 7.34. The number of hydrogen-bond donors (Lipinski definition) is 2. The van der Waals surface area contributed by atoms with Crippen molar-refractivity contribution < 1.29 is 23.5 Å². The van der Waals surface area contributed by atoms with Crippen molar-refractivity contribution in [1.82, 2.24) is 5.32 Å². The Morgan fingerprint density at radius 1 is 1.17 bits per heavy atom. The van der Waals surface area contributed by atoms with E-state index < -0.39 is 11.9 Å². The summed E-state index contributed by atoms with van der Waals surface area (Å²) in [5, 5.41) is 6.08. The molecule has 1 aromatic carbocycles. The molecule has 0 fully saturated rings.